The van der Waals surface area contributed by atoms with Crippen LogP contribution in [-0.4, -0.2) is 49.8 Å². The number of piperidine rings is 1. The van der Waals surface area contributed by atoms with Gasteiger partial charge in [0, 0.05) is 31.8 Å². The first kappa shape index (κ1) is 11.9. The summed E-state index contributed by atoms with van der Waals surface area (Å²) in [5.74, 6) is 1.66. The van der Waals surface area contributed by atoms with Gasteiger partial charge in [-0.25, -0.2) is 0 Å². The second kappa shape index (κ2) is 4.87. The van der Waals surface area contributed by atoms with Gasteiger partial charge in [0.2, 0.25) is 0 Å². The number of nitrogens with zero attached hydrogens (tertiary/aromatic N) is 1. The first-order valence-electron chi connectivity index (χ1n) is 7.32. The van der Waals surface area contributed by atoms with E-state index in [0.717, 1.165) is 24.5 Å². The zero-order valence-electron chi connectivity index (χ0n) is 11.2. The molecule has 17 heavy (non-hydrogen) atoms. The van der Waals surface area contributed by atoms with Crippen molar-refractivity contribution in [1.82, 2.24) is 10.2 Å². The number of rotatable bonds is 3. The van der Waals surface area contributed by atoms with E-state index in [9.17, 15) is 0 Å². The fourth-order valence-electron chi connectivity index (χ4n) is 3.77. The van der Waals surface area contributed by atoms with Crippen LogP contribution in [0.25, 0.3) is 0 Å². The number of ether oxygens (including phenoxy) is 1. The number of nitrogens with one attached hydrogen (secondary N) is 1. The van der Waals surface area contributed by atoms with Crippen molar-refractivity contribution in [3.8, 4) is 0 Å². The smallest absolute Gasteiger partial charge is 0.0759 e. The predicted octanol–water partition coefficient (Wildman–Crippen LogP) is 1.48. The van der Waals surface area contributed by atoms with E-state index < -0.39 is 0 Å². The van der Waals surface area contributed by atoms with Crippen LogP contribution in [0.4, 0.5) is 0 Å². The molecule has 0 aromatic heterocycles. The number of hydrogen-bond acceptors (Lipinski definition) is 3. The number of hydrogen-bond donors (Lipinski definition) is 1. The fourth-order valence-corrected chi connectivity index (χ4v) is 3.77. The van der Waals surface area contributed by atoms with E-state index in [4.69, 9.17) is 4.74 Å². The van der Waals surface area contributed by atoms with E-state index in [1.54, 1.807) is 0 Å². The molecule has 0 radical (unpaired) electrons. The van der Waals surface area contributed by atoms with Crippen LogP contribution in [-0.2, 0) is 4.74 Å². The highest BCUT2D eigenvalue weighted by molar-refractivity contribution is 4.97. The van der Waals surface area contributed by atoms with Crippen LogP contribution < -0.4 is 5.32 Å². The molecule has 0 amide bonds. The minimum atomic E-state index is 0.563. The van der Waals surface area contributed by atoms with Crippen molar-refractivity contribution in [2.45, 2.75) is 50.8 Å². The molecule has 3 nitrogen and oxygen atoms in total. The lowest BCUT2D eigenvalue weighted by molar-refractivity contribution is 0.0257. The average molecular weight is 238 g/mol. The minimum Gasteiger partial charge on any atom is -0.376 e. The summed E-state index contributed by atoms with van der Waals surface area (Å²) in [6.07, 6.45) is 5.94. The van der Waals surface area contributed by atoms with Crippen LogP contribution in [0.1, 0.15) is 32.6 Å². The molecule has 4 atom stereocenters. The Balaban J connectivity index is 1.60. The Kier molecular flexibility index (Phi) is 3.42. The summed E-state index contributed by atoms with van der Waals surface area (Å²) < 4.78 is 5.97. The highest BCUT2D eigenvalue weighted by Crippen LogP contribution is 2.41. The van der Waals surface area contributed by atoms with Gasteiger partial charge < -0.3 is 10.1 Å². The van der Waals surface area contributed by atoms with Gasteiger partial charge in [-0.2, -0.15) is 0 Å². The van der Waals surface area contributed by atoms with Crippen molar-refractivity contribution >= 4 is 0 Å². The van der Waals surface area contributed by atoms with Gasteiger partial charge in [-0.05, 0) is 44.6 Å². The highest BCUT2D eigenvalue weighted by Gasteiger charge is 2.44. The molecule has 4 unspecified atom stereocenters. The topological polar surface area (TPSA) is 24.5 Å². The van der Waals surface area contributed by atoms with E-state index in [2.05, 4.69) is 24.2 Å². The van der Waals surface area contributed by atoms with Gasteiger partial charge in [-0.3, -0.25) is 4.90 Å². The third-order valence-corrected chi connectivity index (χ3v) is 4.97. The van der Waals surface area contributed by atoms with Crippen molar-refractivity contribution in [3.63, 3.8) is 0 Å². The van der Waals surface area contributed by atoms with Crippen molar-refractivity contribution in [2.75, 3.05) is 26.7 Å². The maximum Gasteiger partial charge on any atom is 0.0759 e. The van der Waals surface area contributed by atoms with Gasteiger partial charge in [0.1, 0.15) is 0 Å². The maximum atomic E-state index is 5.97. The lowest BCUT2D eigenvalue weighted by atomic mass is 9.91. The SMILES string of the molecule is CNC1CCN(C2CCOC2C2CC2)CC1C. The Labute approximate surface area is 105 Å². The van der Waals surface area contributed by atoms with Gasteiger partial charge >= 0.3 is 0 Å². The van der Waals surface area contributed by atoms with Crippen molar-refractivity contribution in [2.24, 2.45) is 11.8 Å². The normalized spacial score (nSPS) is 44.1. The predicted molar refractivity (Wildman–Crippen MR) is 69.1 cm³/mol. The molecular formula is C14H26N2O. The van der Waals surface area contributed by atoms with Crippen molar-refractivity contribution in [1.29, 1.82) is 0 Å². The van der Waals surface area contributed by atoms with Crippen LogP contribution in [0.15, 0.2) is 0 Å². The van der Waals surface area contributed by atoms with Gasteiger partial charge in [0.25, 0.3) is 0 Å². The van der Waals surface area contributed by atoms with Crippen LogP contribution in [0, 0.1) is 11.8 Å². The van der Waals surface area contributed by atoms with E-state index in [1.165, 1.54) is 38.8 Å². The molecule has 0 aromatic rings. The average Bonchev–Trinajstić information content (AvgIpc) is 3.07. The summed E-state index contributed by atoms with van der Waals surface area (Å²) in [4.78, 5) is 2.72. The molecule has 0 aromatic carbocycles. The molecule has 3 aliphatic rings. The third kappa shape index (κ3) is 2.38. The lowest BCUT2D eigenvalue weighted by Crippen LogP contribution is -2.52. The van der Waals surface area contributed by atoms with Crippen LogP contribution >= 0.6 is 0 Å². The Hall–Kier alpha value is -0.120. The molecule has 1 saturated carbocycles. The Morgan fingerprint density at radius 1 is 1.18 bits per heavy atom. The van der Waals surface area contributed by atoms with E-state index in [1.807, 2.05) is 0 Å². The zero-order chi connectivity index (χ0) is 11.8. The van der Waals surface area contributed by atoms with Gasteiger partial charge in [-0.1, -0.05) is 6.92 Å². The fraction of sp³-hybridized carbons (Fsp3) is 1.00. The molecule has 3 fully saturated rings. The summed E-state index contributed by atoms with van der Waals surface area (Å²) in [5, 5.41) is 3.45. The molecule has 2 saturated heterocycles. The second-order valence-electron chi connectivity index (χ2n) is 6.18. The third-order valence-electron chi connectivity index (χ3n) is 4.97. The van der Waals surface area contributed by atoms with E-state index in [0.29, 0.717) is 12.1 Å². The quantitative estimate of drug-likeness (QED) is 0.806. The molecule has 2 heterocycles. The van der Waals surface area contributed by atoms with Crippen LogP contribution in [0.5, 0.6) is 0 Å². The molecule has 1 N–H and O–H groups in total. The molecule has 0 bridgehead atoms. The lowest BCUT2D eigenvalue weighted by Gasteiger charge is -2.41. The van der Waals surface area contributed by atoms with Crippen molar-refractivity contribution < 1.29 is 4.74 Å². The second-order valence-corrected chi connectivity index (χ2v) is 6.18. The molecule has 2 aliphatic heterocycles. The summed E-state index contributed by atoms with van der Waals surface area (Å²) >= 11 is 0. The Morgan fingerprint density at radius 3 is 2.65 bits per heavy atom. The van der Waals surface area contributed by atoms with Crippen LogP contribution in [0.2, 0.25) is 0 Å². The molecule has 3 heteroatoms. The van der Waals surface area contributed by atoms with Crippen LogP contribution in [0.3, 0.4) is 0 Å². The molecule has 98 valence electrons. The van der Waals surface area contributed by atoms with Crippen molar-refractivity contribution in [3.05, 3.63) is 0 Å². The Morgan fingerprint density at radius 2 is 2.00 bits per heavy atom. The van der Waals surface area contributed by atoms with Gasteiger partial charge in [0.15, 0.2) is 0 Å². The summed E-state index contributed by atoms with van der Waals surface area (Å²) in [7, 11) is 2.10. The molecule has 3 rings (SSSR count). The van der Waals surface area contributed by atoms with E-state index in [-0.39, 0.29) is 0 Å². The molecule has 0 spiro atoms. The minimum absolute atomic E-state index is 0.563. The first-order valence-corrected chi connectivity index (χ1v) is 7.32. The first-order chi connectivity index (χ1) is 8.29. The molecular weight excluding hydrogens is 212 g/mol. The van der Waals surface area contributed by atoms with E-state index >= 15 is 0 Å². The number of likely N-dealkylation sites (tertiary alicyclic amines) is 1. The summed E-state index contributed by atoms with van der Waals surface area (Å²) in [6, 6.07) is 1.44. The summed E-state index contributed by atoms with van der Waals surface area (Å²) in [5.41, 5.74) is 0. The zero-order valence-corrected chi connectivity index (χ0v) is 11.2. The largest absolute Gasteiger partial charge is 0.376 e. The Bertz CT molecular complexity index is 267. The highest BCUT2D eigenvalue weighted by atomic mass is 16.5. The standard InChI is InChI=1S/C14H26N2O/c1-10-9-16(7-5-12(10)15-2)13-6-8-17-14(13)11-3-4-11/h10-15H,3-9H2,1-2H3. The van der Waals surface area contributed by atoms with Gasteiger partial charge in [-0.15, -0.1) is 0 Å². The monoisotopic (exact) mass is 238 g/mol. The maximum absolute atomic E-state index is 5.97. The molecule has 1 aliphatic carbocycles. The summed E-state index contributed by atoms with van der Waals surface area (Å²) in [6.45, 7) is 5.89. The van der Waals surface area contributed by atoms with Gasteiger partial charge in [0.05, 0.1) is 6.10 Å².